The fourth-order valence-corrected chi connectivity index (χ4v) is 3.95. The van der Waals surface area contributed by atoms with Gasteiger partial charge in [0.25, 0.3) is 0 Å². The molecular weight excluding hydrogens is 314 g/mol. The first-order valence-electron chi connectivity index (χ1n) is 8.46. The van der Waals surface area contributed by atoms with E-state index in [4.69, 9.17) is 4.74 Å². The second-order valence-electron chi connectivity index (χ2n) is 6.55. The first-order chi connectivity index (χ1) is 11.1. The van der Waals surface area contributed by atoms with E-state index in [1.165, 1.54) is 11.8 Å². The van der Waals surface area contributed by atoms with Crippen molar-refractivity contribution in [2.45, 2.75) is 62.6 Å². The van der Waals surface area contributed by atoms with E-state index in [-0.39, 0.29) is 17.3 Å². The van der Waals surface area contributed by atoms with Crippen molar-refractivity contribution < 1.29 is 9.53 Å². The lowest BCUT2D eigenvalue weighted by Gasteiger charge is -2.31. The van der Waals surface area contributed by atoms with Crippen LogP contribution >= 0.6 is 11.8 Å². The largest absolute Gasteiger partial charge is 0.376 e. The quantitative estimate of drug-likeness (QED) is 0.759. The Morgan fingerprint density at radius 1 is 1.39 bits per heavy atom. The normalized spacial score (nSPS) is 24.1. The molecule has 0 radical (unpaired) electrons. The van der Waals surface area contributed by atoms with Crippen LogP contribution < -0.4 is 0 Å². The summed E-state index contributed by atoms with van der Waals surface area (Å²) >= 11 is 1.44. The number of carbonyl (C=O) groups is 1. The van der Waals surface area contributed by atoms with Crippen molar-refractivity contribution in [3.05, 3.63) is 0 Å². The molecule has 1 aromatic rings. The zero-order chi connectivity index (χ0) is 16.2. The maximum Gasteiger partial charge on any atom is 0.235 e. The summed E-state index contributed by atoms with van der Waals surface area (Å²) in [6.45, 7) is 7.40. The van der Waals surface area contributed by atoms with E-state index in [9.17, 15) is 4.79 Å². The van der Waals surface area contributed by atoms with Crippen LogP contribution in [-0.4, -0.2) is 62.1 Å². The van der Waals surface area contributed by atoms with Crippen LogP contribution in [0, 0.1) is 5.92 Å². The summed E-state index contributed by atoms with van der Waals surface area (Å²) in [6.07, 6.45) is 4.52. The molecule has 23 heavy (non-hydrogen) atoms. The van der Waals surface area contributed by atoms with Crippen LogP contribution in [0.1, 0.15) is 39.5 Å². The van der Waals surface area contributed by atoms with Gasteiger partial charge in [-0.05, 0) is 49.0 Å². The number of likely N-dealkylation sites (tertiary alicyclic amines) is 1. The van der Waals surface area contributed by atoms with E-state index in [0.717, 1.165) is 51.3 Å². The third kappa shape index (κ3) is 4.23. The smallest absolute Gasteiger partial charge is 0.235 e. The molecule has 1 amide bonds. The van der Waals surface area contributed by atoms with Crippen molar-refractivity contribution in [1.29, 1.82) is 0 Å². The number of aromatic nitrogens is 4. The van der Waals surface area contributed by atoms with Crippen molar-refractivity contribution in [1.82, 2.24) is 25.1 Å². The standard InChI is InChI=1S/C15H25N5O2S/c1-11-5-7-19(8-6-11)14(21)12(2)23-15-16-17-18-20(15)10-13-4-3-9-22-13/h11-13H,3-10H2,1-2H3. The highest BCUT2D eigenvalue weighted by atomic mass is 32.2. The summed E-state index contributed by atoms with van der Waals surface area (Å²) < 4.78 is 7.40. The molecule has 128 valence electrons. The van der Waals surface area contributed by atoms with Crippen LogP contribution in [0.25, 0.3) is 0 Å². The Hall–Kier alpha value is -1.15. The molecule has 3 heterocycles. The second-order valence-corrected chi connectivity index (χ2v) is 7.85. The Balaban J connectivity index is 1.56. The summed E-state index contributed by atoms with van der Waals surface area (Å²) in [5.41, 5.74) is 0. The van der Waals surface area contributed by atoms with Crippen LogP contribution in [-0.2, 0) is 16.1 Å². The number of carbonyl (C=O) groups excluding carboxylic acids is 1. The lowest BCUT2D eigenvalue weighted by Crippen LogP contribution is -2.41. The highest BCUT2D eigenvalue weighted by Crippen LogP contribution is 2.25. The molecule has 0 N–H and O–H groups in total. The zero-order valence-electron chi connectivity index (χ0n) is 13.8. The molecule has 2 fully saturated rings. The third-order valence-corrected chi connectivity index (χ3v) is 5.68. The van der Waals surface area contributed by atoms with Gasteiger partial charge < -0.3 is 9.64 Å². The number of tetrazole rings is 1. The van der Waals surface area contributed by atoms with Gasteiger partial charge >= 0.3 is 0 Å². The summed E-state index contributed by atoms with van der Waals surface area (Å²) in [4.78, 5) is 14.6. The van der Waals surface area contributed by atoms with Crippen LogP contribution in [0.5, 0.6) is 0 Å². The highest BCUT2D eigenvalue weighted by molar-refractivity contribution is 8.00. The van der Waals surface area contributed by atoms with Gasteiger partial charge in [-0.25, -0.2) is 4.68 Å². The maximum absolute atomic E-state index is 12.6. The number of thioether (sulfide) groups is 1. The fourth-order valence-electron chi connectivity index (χ4n) is 3.07. The molecule has 3 rings (SSSR count). The summed E-state index contributed by atoms with van der Waals surface area (Å²) in [5.74, 6) is 0.911. The molecule has 2 aliphatic heterocycles. The molecule has 0 saturated carbocycles. The Morgan fingerprint density at radius 2 is 2.17 bits per heavy atom. The van der Waals surface area contributed by atoms with Crippen molar-refractivity contribution in [2.75, 3.05) is 19.7 Å². The first kappa shape index (κ1) is 16.7. The molecule has 2 saturated heterocycles. The average molecular weight is 339 g/mol. The molecule has 2 aliphatic rings. The van der Waals surface area contributed by atoms with E-state index in [0.29, 0.717) is 11.7 Å². The summed E-state index contributed by atoms with van der Waals surface area (Å²) in [6, 6.07) is 0. The SMILES string of the molecule is CC1CCN(C(=O)C(C)Sc2nnnn2CC2CCCO2)CC1. The van der Waals surface area contributed by atoms with Gasteiger partial charge in [-0.15, -0.1) is 5.10 Å². The van der Waals surface area contributed by atoms with E-state index < -0.39 is 0 Å². The monoisotopic (exact) mass is 339 g/mol. The number of amides is 1. The van der Waals surface area contributed by atoms with Gasteiger partial charge in [0.05, 0.1) is 17.9 Å². The Morgan fingerprint density at radius 3 is 2.87 bits per heavy atom. The van der Waals surface area contributed by atoms with E-state index in [1.54, 1.807) is 4.68 Å². The molecule has 0 aliphatic carbocycles. The Bertz CT molecular complexity index is 524. The predicted octanol–water partition coefficient (Wildman–Crippen LogP) is 1.59. The minimum atomic E-state index is -0.169. The van der Waals surface area contributed by atoms with E-state index in [1.807, 2.05) is 11.8 Å². The van der Waals surface area contributed by atoms with Crippen molar-refractivity contribution in [3.63, 3.8) is 0 Å². The molecular formula is C15H25N5O2S. The molecule has 8 heteroatoms. The fraction of sp³-hybridized carbons (Fsp3) is 0.867. The number of hydrogen-bond donors (Lipinski definition) is 0. The second kappa shape index (κ2) is 7.61. The molecule has 2 unspecified atom stereocenters. The number of nitrogens with zero attached hydrogens (tertiary/aromatic N) is 5. The van der Waals surface area contributed by atoms with Gasteiger partial charge in [-0.1, -0.05) is 18.7 Å². The third-order valence-electron chi connectivity index (χ3n) is 4.62. The number of rotatable bonds is 5. The first-order valence-corrected chi connectivity index (χ1v) is 9.34. The van der Waals surface area contributed by atoms with Gasteiger partial charge in [0.15, 0.2) is 0 Å². The summed E-state index contributed by atoms with van der Waals surface area (Å²) in [5, 5.41) is 12.4. The number of hydrogen-bond acceptors (Lipinski definition) is 6. The minimum Gasteiger partial charge on any atom is -0.376 e. The van der Waals surface area contributed by atoms with Crippen molar-refractivity contribution in [3.8, 4) is 0 Å². The van der Waals surface area contributed by atoms with Gasteiger partial charge in [-0.2, -0.15) is 0 Å². The average Bonchev–Trinajstić information content (AvgIpc) is 3.20. The van der Waals surface area contributed by atoms with Crippen molar-refractivity contribution in [2.24, 2.45) is 5.92 Å². The maximum atomic E-state index is 12.6. The van der Waals surface area contributed by atoms with E-state index >= 15 is 0 Å². The minimum absolute atomic E-state index is 0.169. The topological polar surface area (TPSA) is 73.1 Å². The Kier molecular flexibility index (Phi) is 5.53. The zero-order valence-corrected chi connectivity index (χ0v) is 14.7. The van der Waals surface area contributed by atoms with Crippen LogP contribution in [0.15, 0.2) is 5.16 Å². The highest BCUT2D eigenvalue weighted by Gasteiger charge is 2.27. The Labute approximate surface area is 141 Å². The summed E-state index contributed by atoms with van der Waals surface area (Å²) in [7, 11) is 0. The van der Waals surface area contributed by atoms with Gasteiger partial charge in [-0.3, -0.25) is 4.79 Å². The number of piperidine rings is 1. The molecule has 1 aromatic heterocycles. The van der Waals surface area contributed by atoms with Gasteiger partial charge in [0.2, 0.25) is 11.1 Å². The molecule has 0 aromatic carbocycles. The van der Waals surface area contributed by atoms with Crippen LogP contribution in [0.3, 0.4) is 0 Å². The van der Waals surface area contributed by atoms with Crippen molar-refractivity contribution >= 4 is 17.7 Å². The molecule has 0 bridgehead atoms. The molecule has 0 spiro atoms. The van der Waals surface area contributed by atoms with Crippen LogP contribution in [0.2, 0.25) is 0 Å². The lowest BCUT2D eigenvalue weighted by molar-refractivity contribution is -0.131. The van der Waals surface area contributed by atoms with E-state index in [2.05, 4.69) is 22.4 Å². The van der Waals surface area contributed by atoms with Gasteiger partial charge in [0, 0.05) is 19.7 Å². The van der Waals surface area contributed by atoms with Crippen LogP contribution in [0.4, 0.5) is 0 Å². The van der Waals surface area contributed by atoms with Gasteiger partial charge in [0.1, 0.15) is 0 Å². The number of ether oxygens (including phenoxy) is 1. The predicted molar refractivity (Wildman–Crippen MR) is 87.1 cm³/mol. The molecule has 7 nitrogen and oxygen atoms in total. The lowest BCUT2D eigenvalue weighted by atomic mass is 9.99. The molecule has 2 atom stereocenters.